The number of alkyl halides is 1. The van der Waals surface area contributed by atoms with Crippen molar-refractivity contribution in [1.82, 2.24) is 9.97 Å². The summed E-state index contributed by atoms with van der Waals surface area (Å²) in [5.74, 6) is 1.15. The normalized spacial score (nSPS) is 22.4. The zero-order chi connectivity index (χ0) is 14.4. The van der Waals surface area contributed by atoms with Crippen molar-refractivity contribution in [3.63, 3.8) is 0 Å². The molecule has 1 aliphatic heterocycles. The van der Waals surface area contributed by atoms with Crippen LogP contribution in [0.4, 0.5) is 10.2 Å². The fourth-order valence-corrected chi connectivity index (χ4v) is 2.81. The van der Waals surface area contributed by atoms with Crippen molar-refractivity contribution in [2.45, 2.75) is 38.9 Å². The molecule has 0 amide bonds. The third kappa shape index (κ3) is 2.03. The second-order valence-electron chi connectivity index (χ2n) is 5.65. The highest BCUT2D eigenvalue weighted by Crippen LogP contribution is 2.36. The Morgan fingerprint density at radius 2 is 2.05 bits per heavy atom. The Labute approximate surface area is 122 Å². The van der Waals surface area contributed by atoms with E-state index in [0.717, 1.165) is 22.2 Å². The molecule has 0 N–H and O–H groups in total. The zero-order valence-corrected chi connectivity index (χ0v) is 12.5. The largest absolute Gasteiger partial charge is 0.347 e. The van der Waals surface area contributed by atoms with Crippen LogP contribution in [-0.2, 0) is 0 Å². The highest BCUT2D eigenvalue weighted by atomic mass is 35.5. The molecule has 2 atom stereocenters. The second kappa shape index (κ2) is 4.85. The lowest BCUT2D eigenvalue weighted by molar-refractivity contribution is 0.212. The minimum absolute atomic E-state index is 0.133. The van der Waals surface area contributed by atoms with Crippen molar-refractivity contribution in [3.05, 3.63) is 29.2 Å². The molecule has 0 saturated carbocycles. The van der Waals surface area contributed by atoms with E-state index in [-0.39, 0.29) is 6.04 Å². The average Bonchev–Trinajstić information content (AvgIpc) is 2.42. The third-order valence-corrected chi connectivity index (χ3v) is 4.24. The number of rotatable bonds is 2. The number of halogens is 2. The summed E-state index contributed by atoms with van der Waals surface area (Å²) in [6.45, 7) is 6.51. The summed E-state index contributed by atoms with van der Waals surface area (Å²) in [5, 5.41) is 2.47. The van der Waals surface area contributed by atoms with Crippen molar-refractivity contribution in [2.24, 2.45) is 0 Å². The van der Waals surface area contributed by atoms with E-state index in [1.165, 1.54) is 0 Å². The van der Waals surface area contributed by atoms with E-state index in [4.69, 9.17) is 11.6 Å². The molecule has 0 bridgehead atoms. The van der Waals surface area contributed by atoms with Crippen LogP contribution in [0.5, 0.6) is 0 Å². The minimum Gasteiger partial charge on any atom is -0.347 e. The van der Waals surface area contributed by atoms with Crippen LogP contribution in [0.15, 0.2) is 18.5 Å². The van der Waals surface area contributed by atoms with E-state index >= 15 is 0 Å². The quantitative estimate of drug-likeness (QED) is 0.785. The molecule has 1 fully saturated rings. The van der Waals surface area contributed by atoms with Crippen LogP contribution in [0, 0.1) is 0 Å². The van der Waals surface area contributed by atoms with Crippen molar-refractivity contribution in [1.29, 1.82) is 0 Å². The maximum absolute atomic E-state index is 13.4. The fraction of sp³-hybridized carbons (Fsp3) is 0.467. The molecule has 0 aromatic carbocycles. The van der Waals surface area contributed by atoms with Gasteiger partial charge in [0.25, 0.3) is 0 Å². The fourth-order valence-electron chi connectivity index (χ4n) is 2.65. The number of aromatic nitrogens is 2. The van der Waals surface area contributed by atoms with Gasteiger partial charge in [0.1, 0.15) is 17.1 Å². The number of pyridine rings is 2. The molecule has 106 valence electrons. The zero-order valence-electron chi connectivity index (χ0n) is 11.8. The van der Waals surface area contributed by atoms with Gasteiger partial charge >= 0.3 is 0 Å². The van der Waals surface area contributed by atoms with Crippen molar-refractivity contribution in [2.75, 3.05) is 11.4 Å². The van der Waals surface area contributed by atoms with Gasteiger partial charge in [-0.1, -0.05) is 25.4 Å². The summed E-state index contributed by atoms with van der Waals surface area (Å²) < 4.78 is 13.4. The molecule has 5 heteroatoms. The SMILES string of the molecule is CC(C)c1cnc(N2CC(F)C2C)c2cnc(Cl)cc12. The Kier molecular flexibility index (Phi) is 3.28. The van der Waals surface area contributed by atoms with Gasteiger partial charge < -0.3 is 4.90 Å². The van der Waals surface area contributed by atoms with Gasteiger partial charge in [-0.3, -0.25) is 0 Å². The Morgan fingerprint density at radius 3 is 2.65 bits per heavy atom. The van der Waals surface area contributed by atoms with Crippen molar-refractivity contribution < 1.29 is 4.39 Å². The lowest BCUT2D eigenvalue weighted by Gasteiger charge is -2.43. The number of anilines is 1. The molecular weight excluding hydrogens is 277 g/mol. The van der Waals surface area contributed by atoms with Crippen molar-refractivity contribution >= 4 is 28.2 Å². The van der Waals surface area contributed by atoms with Gasteiger partial charge in [-0.05, 0) is 29.9 Å². The molecule has 3 nitrogen and oxygen atoms in total. The lowest BCUT2D eigenvalue weighted by Crippen LogP contribution is -2.57. The van der Waals surface area contributed by atoms with Crippen LogP contribution >= 0.6 is 11.6 Å². The first-order valence-corrected chi connectivity index (χ1v) is 7.21. The predicted octanol–water partition coefficient (Wildman–Crippen LogP) is 3.95. The molecule has 1 aliphatic rings. The highest BCUT2D eigenvalue weighted by molar-refractivity contribution is 6.30. The number of hydrogen-bond acceptors (Lipinski definition) is 3. The molecule has 3 heterocycles. The van der Waals surface area contributed by atoms with Gasteiger partial charge in [-0.2, -0.15) is 0 Å². The summed E-state index contributed by atoms with van der Waals surface area (Å²) in [5.41, 5.74) is 1.14. The molecule has 0 aliphatic carbocycles. The number of nitrogens with zero attached hydrogens (tertiary/aromatic N) is 3. The Morgan fingerprint density at radius 1 is 1.30 bits per heavy atom. The van der Waals surface area contributed by atoms with E-state index in [1.807, 2.05) is 24.1 Å². The Balaban J connectivity index is 2.18. The molecule has 0 radical (unpaired) electrons. The van der Waals surface area contributed by atoms with Gasteiger partial charge in [-0.15, -0.1) is 0 Å². The van der Waals surface area contributed by atoms with Crippen LogP contribution in [0.25, 0.3) is 10.8 Å². The molecule has 2 unspecified atom stereocenters. The minimum atomic E-state index is -0.781. The van der Waals surface area contributed by atoms with Crippen LogP contribution in [-0.4, -0.2) is 28.7 Å². The maximum Gasteiger partial charge on any atom is 0.138 e. The van der Waals surface area contributed by atoms with Gasteiger partial charge in [0.05, 0.1) is 12.6 Å². The molecule has 20 heavy (non-hydrogen) atoms. The predicted molar refractivity (Wildman–Crippen MR) is 80.3 cm³/mol. The smallest absolute Gasteiger partial charge is 0.138 e. The summed E-state index contributed by atoms with van der Waals surface area (Å²) in [7, 11) is 0. The monoisotopic (exact) mass is 293 g/mol. The first kappa shape index (κ1) is 13.6. The molecule has 0 spiro atoms. The van der Waals surface area contributed by atoms with Gasteiger partial charge in [0.2, 0.25) is 0 Å². The summed E-state index contributed by atoms with van der Waals surface area (Å²) in [6.07, 6.45) is 2.83. The first-order valence-electron chi connectivity index (χ1n) is 6.84. The highest BCUT2D eigenvalue weighted by Gasteiger charge is 2.37. The first-order chi connectivity index (χ1) is 9.49. The van der Waals surface area contributed by atoms with E-state index in [9.17, 15) is 4.39 Å². The van der Waals surface area contributed by atoms with E-state index in [2.05, 4.69) is 23.8 Å². The summed E-state index contributed by atoms with van der Waals surface area (Å²) >= 11 is 6.02. The molecule has 3 rings (SSSR count). The molecular formula is C15H17ClFN3. The lowest BCUT2D eigenvalue weighted by atomic mass is 9.97. The third-order valence-electron chi connectivity index (χ3n) is 4.03. The molecule has 2 aromatic rings. The van der Waals surface area contributed by atoms with Gasteiger partial charge in [-0.25, -0.2) is 14.4 Å². The van der Waals surface area contributed by atoms with Gasteiger partial charge in [0.15, 0.2) is 0 Å². The standard InChI is InChI=1S/C15H17ClFN3/c1-8(2)11-5-19-15(20-7-13(17)9(20)3)12-6-18-14(16)4-10(11)12/h4-6,8-9,13H,7H2,1-3H3. The summed E-state index contributed by atoms with van der Waals surface area (Å²) in [6, 6.07) is 1.74. The Bertz CT molecular complexity index is 659. The van der Waals surface area contributed by atoms with Crippen molar-refractivity contribution in [3.8, 4) is 0 Å². The Hall–Kier alpha value is -1.42. The summed E-state index contributed by atoms with van der Waals surface area (Å²) in [4.78, 5) is 10.7. The van der Waals surface area contributed by atoms with E-state index in [1.54, 1.807) is 6.20 Å². The van der Waals surface area contributed by atoms with Crippen LogP contribution < -0.4 is 4.90 Å². The number of fused-ring (bicyclic) bond motifs is 1. The topological polar surface area (TPSA) is 29.0 Å². The number of hydrogen-bond donors (Lipinski definition) is 0. The molecule has 1 saturated heterocycles. The van der Waals surface area contributed by atoms with Crippen LogP contribution in [0.1, 0.15) is 32.3 Å². The van der Waals surface area contributed by atoms with Crippen LogP contribution in [0.2, 0.25) is 5.15 Å². The maximum atomic E-state index is 13.4. The second-order valence-corrected chi connectivity index (χ2v) is 6.04. The van der Waals surface area contributed by atoms with E-state index in [0.29, 0.717) is 17.6 Å². The van der Waals surface area contributed by atoms with Crippen LogP contribution in [0.3, 0.4) is 0 Å². The molecule has 2 aromatic heterocycles. The average molecular weight is 294 g/mol. The van der Waals surface area contributed by atoms with E-state index < -0.39 is 6.17 Å². The van der Waals surface area contributed by atoms with Gasteiger partial charge in [0, 0.05) is 17.8 Å².